The Hall–Kier alpha value is -2.22. The molecule has 0 heterocycles. The van der Waals surface area contributed by atoms with E-state index in [0.29, 0.717) is 5.69 Å². The molecule has 0 amide bonds. The molecule has 1 aromatic carbocycles. The number of rotatable bonds is 1. The Morgan fingerprint density at radius 1 is 1.14 bits per heavy atom. The van der Waals surface area contributed by atoms with Gasteiger partial charge >= 0.3 is 0 Å². The normalized spacial score (nSPS) is 8.36. The third-order valence-corrected chi connectivity index (χ3v) is 1.12. The smallest absolute Gasteiger partial charge is 0.275 e. The van der Waals surface area contributed by atoms with Gasteiger partial charge in [-0.05, 0) is 12.1 Å². The van der Waals surface area contributed by atoms with E-state index in [1.807, 2.05) is 0 Å². The Bertz CT molecular complexity index is 336. The molecule has 0 radical (unpaired) electrons. The summed E-state index contributed by atoms with van der Waals surface area (Å²) in [5.74, 6) is 0. The molecule has 8 heteroatoms. The molecule has 0 saturated carbocycles. The number of hydrogen-bond donors (Lipinski definition) is 1. The summed E-state index contributed by atoms with van der Waals surface area (Å²) >= 11 is 0. The molecule has 3 N–H and O–H groups in total. The number of quaternary nitrogens is 1. The zero-order valence-electron chi connectivity index (χ0n) is 6.95. The van der Waals surface area contributed by atoms with Crippen molar-refractivity contribution < 1.29 is 15.7 Å². The zero-order chi connectivity index (χ0) is 11.1. The summed E-state index contributed by atoms with van der Waals surface area (Å²) < 4.78 is 0. The van der Waals surface area contributed by atoms with Crippen molar-refractivity contribution in [3.63, 3.8) is 0 Å². The molecule has 0 unspecified atom stereocenters. The van der Waals surface area contributed by atoms with Gasteiger partial charge in [0.2, 0.25) is 0 Å². The van der Waals surface area contributed by atoms with Gasteiger partial charge in [0.25, 0.3) is 5.69 Å². The van der Waals surface area contributed by atoms with E-state index in [1.165, 1.54) is 12.1 Å². The lowest BCUT2D eigenvalue weighted by Crippen LogP contribution is -2.39. The Kier molecular flexibility index (Phi) is 4.57. The maximum absolute atomic E-state index is 10.1. The van der Waals surface area contributed by atoms with E-state index >= 15 is 0 Å². The molecule has 0 aliphatic rings. The van der Waals surface area contributed by atoms with Crippen LogP contribution in [0.2, 0.25) is 0 Å². The van der Waals surface area contributed by atoms with Gasteiger partial charge in [-0.15, -0.1) is 0 Å². The Morgan fingerprint density at radius 2 is 1.64 bits per heavy atom. The standard InChI is InChI=1S/C6H6N2O2.NO3/c7-5-2-1-3-6(4-5)8(9)10;2-1(3)4/h1-4H,7H2;/q;-1/p+1. The molecule has 0 atom stereocenters. The number of nitro groups is 1. The highest BCUT2D eigenvalue weighted by atomic mass is 16.9. The van der Waals surface area contributed by atoms with Crippen LogP contribution in [0, 0.1) is 25.4 Å². The highest BCUT2D eigenvalue weighted by molar-refractivity contribution is 5.40. The van der Waals surface area contributed by atoms with Crippen LogP contribution < -0.4 is 5.73 Å². The SMILES string of the molecule is O=[N+]([O-])[O-].[NH3+]c1cccc([N+](=O)[O-])c1. The first-order chi connectivity index (χ1) is 6.43. The maximum atomic E-state index is 10.1. The molecule has 0 aliphatic heterocycles. The molecule has 76 valence electrons. The first kappa shape index (κ1) is 11.8. The topological polar surface area (TPSA) is 137 Å². The molecule has 0 aromatic heterocycles. The number of hydrogen-bond acceptors (Lipinski definition) is 5. The van der Waals surface area contributed by atoms with Crippen LogP contribution in [-0.2, 0) is 0 Å². The molecular weight excluding hydrogens is 194 g/mol. The summed E-state index contributed by atoms with van der Waals surface area (Å²) in [7, 11) is 0. The van der Waals surface area contributed by atoms with E-state index in [0.717, 1.165) is 0 Å². The number of benzene rings is 1. The number of nitro benzene ring substituents is 1. The zero-order valence-corrected chi connectivity index (χ0v) is 6.95. The minimum absolute atomic E-state index is 0.0903. The van der Waals surface area contributed by atoms with Crippen molar-refractivity contribution in [1.82, 2.24) is 0 Å². The van der Waals surface area contributed by atoms with Gasteiger partial charge in [-0.2, -0.15) is 0 Å². The minimum Gasteiger partial charge on any atom is -0.356 e. The number of non-ortho nitro benzene ring substituents is 1. The third-order valence-electron chi connectivity index (χ3n) is 1.12. The molecule has 0 spiro atoms. The third kappa shape index (κ3) is 5.43. The van der Waals surface area contributed by atoms with Gasteiger partial charge in [-0.1, -0.05) is 0 Å². The van der Waals surface area contributed by atoms with Crippen molar-refractivity contribution in [2.45, 2.75) is 0 Å². The average molecular weight is 201 g/mol. The Balaban J connectivity index is 0.000000364. The van der Waals surface area contributed by atoms with Crippen molar-refractivity contribution in [1.29, 1.82) is 0 Å². The van der Waals surface area contributed by atoms with E-state index in [2.05, 4.69) is 5.73 Å². The average Bonchev–Trinajstić information content (AvgIpc) is 2.03. The molecule has 14 heavy (non-hydrogen) atoms. The van der Waals surface area contributed by atoms with Gasteiger partial charge in [0, 0.05) is 6.07 Å². The first-order valence-corrected chi connectivity index (χ1v) is 3.31. The van der Waals surface area contributed by atoms with Crippen LogP contribution >= 0.6 is 0 Å². The van der Waals surface area contributed by atoms with Crippen LogP contribution in [0.15, 0.2) is 24.3 Å². The first-order valence-electron chi connectivity index (χ1n) is 3.31. The van der Waals surface area contributed by atoms with Gasteiger partial charge in [0.15, 0.2) is 0 Å². The monoisotopic (exact) mass is 201 g/mol. The molecule has 0 fully saturated rings. The van der Waals surface area contributed by atoms with Crippen LogP contribution in [0.5, 0.6) is 0 Å². The van der Waals surface area contributed by atoms with Crippen LogP contribution in [-0.4, -0.2) is 10.0 Å². The molecule has 0 aliphatic carbocycles. The van der Waals surface area contributed by atoms with Gasteiger partial charge in [0.1, 0.15) is 5.69 Å². The van der Waals surface area contributed by atoms with Crippen molar-refractivity contribution in [2.75, 3.05) is 0 Å². The van der Waals surface area contributed by atoms with Crippen LogP contribution in [0.25, 0.3) is 0 Å². The van der Waals surface area contributed by atoms with Crippen molar-refractivity contribution in [3.05, 3.63) is 49.7 Å². The summed E-state index contributed by atoms with van der Waals surface area (Å²) in [6.45, 7) is 0. The predicted octanol–water partition coefficient (Wildman–Crippen LogP) is 0.229. The van der Waals surface area contributed by atoms with Crippen molar-refractivity contribution >= 4 is 11.4 Å². The highest BCUT2D eigenvalue weighted by Gasteiger charge is 2.03. The quantitative estimate of drug-likeness (QED) is 0.511. The molecule has 8 nitrogen and oxygen atoms in total. The fourth-order valence-corrected chi connectivity index (χ4v) is 0.670. The van der Waals surface area contributed by atoms with E-state index in [9.17, 15) is 10.1 Å². The van der Waals surface area contributed by atoms with Crippen molar-refractivity contribution in [3.8, 4) is 0 Å². The maximum Gasteiger partial charge on any atom is 0.275 e. The minimum atomic E-state index is -1.75. The van der Waals surface area contributed by atoms with Gasteiger partial charge in [0.05, 0.1) is 16.1 Å². The van der Waals surface area contributed by atoms with E-state index in [4.69, 9.17) is 15.3 Å². The summed E-state index contributed by atoms with van der Waals surface area (Å²) in [5.41, 5.74) is 4.31. The fourth-order valence-electron chi connectivity index (χ4n) is 0.670. The molecule has 0 saturated heterocycles. The van der Waals surface area contributed by atoms with E-state index in [1.54, 1.807) is 12.1 Å². The summed E-state index contributed by atoms with van der Waals surface area (Å²) in [5, 5.41) is 24.9. The highest BCUT2D eigenvalue weighted by Crippen LogP contribution is 2.12. The molecule has 0 bridgehead atoms. The Morgan fingerprint density at radius 3 is 1.93 bits per heavy atom. The summed E-state index contributed by atoms with van der Waals surface area (Å²) in [4.78, 5) is 17.9. The largest absolute Gasteiger partial charge is 0.356 e. The van der Waals surface area contributed by atoms with Gasteiger partial charge in [-0.25, -0.2) is 0 Å². The second kappa shape index (κ2) is 5.43. The Labute approximate surface area is 77.8 Å². The van der Waals surface area contributed by atoms with Gasteiger partial charge in [-0.3, -0.25) is 10.1 Å². The van der Waals surface area contributed by atoms with Crippen LogP contribution in [0.4, 0.5) is 11.4 Å². The second-order valence-corrected chi connectivity index (χ2v) is 2.15. The molecule has 1 rings (SSSR count). The molecular formula is C6H7N3O5. The second-order valence-electron chi connectivity index (χ2n) is 2.15. The van der Waals surface area contributed by atoms with Crippen LogP contribution in [0.3, 0.4) is 0 Å². The number of nitrogens with zero attached hydrogens (tertiary/aromatic N) is 2. The molecule has 1 aromatic rings. The summed E-state index contributed by atoms with van der Waals surface area (Å²) in [6.07, 6.45) is 0. The van der Waals surface area contributed by atoms with Crippen LogP contribution in [0.1, 0.15) is 0 Å². The van der Waals surface area contributed by atoms with E-state index in [-0.39, 0.29) is 5.69 Å². The lowest BCUT2D eigenvalue weighted by Gasteiger charge is -1.88. The lowest BCUT2D eigenvalue weighted by molar-refractivity contribution is -0.402. The fraction of sp³-hybridized carbons (Fsp3) is 0. The summed E-state index contributed by atoms with van der Waals surface area (Å²) in [6, 6.07) is 6.20. The lowest BCUT2D eigenvalue weighted by atomic mass is 10.3. The van der Waals surface area contributed by atoms with Gasteiger partial charge < -0.3 is 21.1 Å². The predicted molar refractivity (Wildman–Crippen MR) is 46.0 cm³/mol. The van der Waals surface area contributed by atoms with E-state index < -0.39 is 10.0 Å². The van der Waals surface area contributed by atoms with Crippen molar-refractivity contribution in [2.24, 2.45) is 0 Å².